The Hall–Kier alpha value is -2.37. The van der Waals surface area contributed by atoms with Gasteiger partial charge in [-0.25, -0.2) is 14.3 Å². The first-order valence-corrected chi connectivity index (χ1v) is 6.22. The molecule has 0 radical (unpaired) electrons. The van der Waals surface area contributed by atoms with Crippen LogP contribution in [0.1, 0.15) is 23.3 Å². The average molecular weight is 258 g/mol. The van der Waals surface area contributed by atoms with E-state index >= 15 is 0 Å². The van der Waals surface area contributed by atoms with Gasteiger partial charge in [0.25, 0.3) is 0 Å². The smallest absolute Gasteiger partial charge is 0.356 e. The fraction of sp³-hybridized carbons (Fsp3) is 0.308. The Kier molecular flexibility index (Phi) is 2.91. The van der Waals surface area contributed by atoms with Crippen LogP contribution in [0, 0.1) is 5.92 Å². The van der Waals surface area contributed by atoms with Gasteiger partial charge in [-0.3, -0.25) is 0 Å². The zero-order valence-corrected chi connectivity index (χ0v) is 10.3. The van der Waals surface area contributed by atoms with Crippen molar-refractivity contribution < 1.29 is 9.90 Å². The number of rotatable bonds is 4. The van der Waals surface area contributed by atoms with E-state index in [-0.39, 0.29) is 5.69 Å². The molecule has 6 nitrogen and oxygen atoms in total. The molecule has 2 N–H and O–H groups in total. The van der Waals surface area contributed by atoms with Gasteiger partial charge in [0, 0.05) is 6.54 Å². The summed E-state index contributed by atoms with van der Waals surface area (Å²) in [7, 11) is 0. The topological polar surface area (TPSA) is 79.5 Å². The predicted molar refractivity (Wildman–Crippen MR) is 70.3 cm³/mol. The maximum Gasteiger partial charge on any atom is 0.356 e. The van der Waals surface area contributed by atoms with Crippen LogP contribution in [0.2, 0.25) is 0 Å². The molecular weight excluding hydrogens is 244 g/mol. The van der Waals surface area contributed by atoms with Crippen molar-refractivity contribution >= 4 is 17.3 Å². The fourth-order valence-electron chi connectivity index (χ4n) is 2.30. The van der Waals surface area contributed by atoms with Gasteiger partial charge in [0.05, 0.1) is 12.4 Å². The van der Waals surface area contributed by atoms with Crippen molar-refractivity contribution in [2.75, 3.05) is 11.9 Å². The van der Waals surface area contributed by atoms with E-state index in [9.17, 15) is 4.79 Å². The summed E-state index contributed by atoms with van der Waals surface area (Å²) in [5, 5.41) is 16.4. The molecule has 0 aromatic carbocycles. The van der Waals surface area contributed by atoms with E-state index in [4.69, 9.17) is 5.11 Å². The summed E-state index contributed by atoms with van der Waals surface area (Å²) in [6, 6.07) is 1.76. The zero-order chi connectivity index (χ0) is 13.2. The van der Waals surface area contributed by atoms with Crippen LogP contribution >= 0.6 is 0 Å². The van der Waals surface area contributed by atoms with Crippen molar-refractivity contribution in [3.8, 4) is 0 Å². The van der Waals surface area contributed by atoms with Gasteiger partial charge in [-0.05, 0) is 24.8 Å². The number of fused-ring (bicyclic) bond motifs is 1. The summed E-state index contributed by atoms with van der Waals surface area (Å²) in [5.74, 6) is 0.151. The molecule has 19 heavy (non-hydrogen) atoms. The Morgan fingerprint density at radius 3 is 3.21 bits per heavy atom. The lowest BCUT2D eigenvalue weighted by Gasteiger charge is -2.11. The first-order valence-electron chi connectivity index (χ1n) is 6.22. The van der Waals surface area contributed by atoms with Gasteiger partial charge < -0.3 is 10.4 Å². The van der Waals surface area contributed by atoms with Crippen molar-refractivity contribution in [3.05, 3.63) is 36.3 Å². The molecule has 0 fully saturated rings. The highest BCUT2D eigenvalue weighted by Gasteiger charge is 2.14. The molecule has 3 rings (SSSR count). The molecule has 0 bridgehead atoms. The molecule has 2 heterocycles. The first kappa shape index (κ1) is 11.7. The standard InChI is InChI=1S/C13H14N4O2/c18-13(19)11-8-15-12(10-5-6-16-17(10)11)14-7-9-3-1-2-4-9/h1,3,5-6,8-9H,2,4,7H2,(H,14,15)(H,18,19). The van der Waals surface area contributed by atoms with E-state index in [0.717, 1.165) is 19.4 Å². The second-order valence-corrected chi connectivity index (χ2v) is 4.57. The van der Waals surface area contributed by atoms with E-state index in [0.29, 0.717) is 17.3 Å². The molecule has 6 heteroatoms. The van der Waals surface area contributed by atoms with Gasteiger partial charge in [0.15, 0.2) is 11.5 Å². The molecule has 0 saturated carbocycles. The number of allylic oxidation sites excluding steroid dienone is 1. The highest BCUT2D eigenvalue weighted by molar-refractivity contribution is 5.87. The van der Waals surface area contributed by atoms with E-state index in [1.165, 1.54) is 10.7 Å². The minimum Gasteiger partial charge on any atom is -0.476 e. The molecule has 0 aliphatic heterocycles. The third-order valence-corrected chi connectivity index (χ3v) is 3.29. The highest BCUT2D eigenvalue weighted by atomic mass is 16.4. The lowest BCUT2D eigenvalue weighted by atomic mass is 10.1. The SMILES string of the molecule is O=C(O)c1cnc(NCC2C=CCC2)c2ccnn12. The van der Waals surface area contributed by atoms with Crippen LogP contribution in [0.3, 0.4) is 0 Å². The molecule has 2 aromatic heterocycles. The number of hydrogen-bond donors (Lipinski definition) is 2. The quantitative estimate of drug-likeness (QED) is 0.817. The molecule has 1 atom stereocenters. The molecule has 2 aromatic rings. The van der Waals surface area contributed by atoms with Gasteiger partial charge in [0.2, 0.25) is 0 Å². The van der Waals surface area contributed by atoms with Crippen LogP contribution in [0.4, 0.5) is 5.82 Å². The monoisotopic (exact) mass is 258 g/mol. The number of carboxylic acids is 1. The molecule has 0 spiro atoms. The van der Waals surface area contributed by atoms with E-state index in [1.54, 1.807) is 12.3 Å². The van der Waals surface area contributed by atoms with Gasteiger partial charge in [-0.1, -0.05) is 12.2 Å². The van der Waals surface area contributed by atoms with Crippen LogP contribution in [0.25, 0.3) is 5.52 Å². The normalized spacial score (nSPS) is 18.0. The minimum absolute atomic E-state index is 0.0614. The zero-order valence-electron chi connectivity index (χ0n) is 10.3. The molecule has 1 aliphatic rings. The van der Waals surface area contributed by atoms with Gasteiger partial charge >= 0.3 is 5.97 Å². The van der Waals surface area contributed by atoms with Crippen molar-refractivity contribution in [2.24, 2.45) is 5.92 Å². The lowest BCUT2D eigenvalue weighted by molar-refractivity contribution is 0.0687. The number of nitrogens with zero attached hydrogens (tertiary/aromatic N) is 3. The molecule has 0 saturated heterocycles. The Morgan fingerprint density at radius 1 is 1.58 bits per heavy atom. The van der Waals surface area contributed by atoms with Crippen molar-refractivity contribution in [1.29, 1.82) is 0 Å². The van der Waals surface area contributed by atoms with Crippen molar-refractivity contribution in [2.45, 2.75) is 12.8 Å². The van der Waals surface area contributed by atoms with Crippen molar-refractivity contribution in [3.63, 3.8) is 0 Å². The maximum atomic E-state index is 11.1. The van der Waals surface area contributed by atoms with Crippen LogP contribution in [-0.4, -0.2) is 32.2 Å². The summed E-state index contributed by atoms with van der Waals surface area (Å²) in [4.78, 5) is 15.2. The Bertz CT molecular complexity index is 647. The van der Waals surface area contributed by atoms with Gasteiger partial charge in [-0.15, -0.1) is 0 Å². The number of carboxylic acid groups (broad SMARTS) is 1. The number of aromatic carboxylic acids is 1. The Morgan fingerprint density at radius 2 is 2.47 bits per heavy atom. The second kappa shape index (κ2) is 4.72. The van der Waals surface area contributed by atoms with Gasteiger partial charge in [-0.2, -0.15) is 5.10 Å². The fourth-order valence-corrected chi connectivity index (χ4v) is 2.30. The summed E-state index contributed by atoms with van der Waals surface area (Å²) < 4.78 is 1.39. The number of aromatic nitrogens is 3. The minimum atomic E-state index is -1.04. The van der Waals surface area contributed by atoms with E-state index in [1.807, 2.05) is 0 Å². The third-order valence-electron chi connectivity index (χ3n) is 3.29. The van der Waals surface area contributed by atoms with E-state index in [2.05, 4.69) is 27.6 Å². The maximum absolute atomic E-state index is 11.1. The van der Waals surface area contributed by atoms with Gasteiger partial charge in [0.1, 0.15) is 5.52 Å². The molecule has 0 amide bonds. The Labute approximate surface area is 109 Å². The summed E-state index contributed by atoms with van der Waals surface area (Å²) in [6.07, 6.45) is 9.56. The summed E-state index contributed by atoms with van der Waals surface area (Å²) in [6.45, 7) is 0.802. The number of hydrogen-bond acceptors (Lipinski definition) is 4. The predicted octanol–water partition coefficient (Wildman–Crippen LogP) is 1.81. The number of anilines is 1. The van der Waals surface area contributed by atoms with Crippen LogP contribution in [0.5, 0.6) is 0 Å². The number of nitrogens with one attached hydrogen (secondary N) is 1. The highest BCUT2D eigenvalue weighted by Crippen LogP contribution is 2.20. The van der Waals surface area contributed by atoms with Crippen LogP contribution in [0.15, 0.2) is 30.6 Å². The summed E-state index contributed by atoms with van der Waals surface area (Å²) in [5.41, 5.74) is 0.744. The Balaban J connectivity index is 1.87. The first-order chi connectivity index (χ1) is 9.25. The molecule has 1 aliphatic carbocycles. The van der Waals surface area contributed by atoms with E-state index < -0.39 is 5.97 Å². The lowest BCUT2D eigenvalue weighted by Crippen LogP contribution is -2.14. The molecule has 98 valence electrons. The largest absolute Gasteiger partial charge is 0.476 e. The molecule has 1 unspecified atom stereocenters. The number of carbonyl (C=O) groups is 1. The third kappa shape index (κ3) is 2.16. The summed E-state index contributed by atoms with van der Waals surface area (Å²) >= 11 is 0. The van der Waals surface area contributed by atoms with Crippen LogP contribution < -0.4 is 5.32 Å². The van der Waals surface area contributed by atoms with Crippen molar-refractivity contribution in [1.82, 2.24) is 14.6 Å². The second-order valence-electron chi connectivity index (χ2n) is 4.57. The average Bonchev–Trinajstić information content (AvgIpc) is 3.06. The molecular formula is C13H14N4O2. The van der Waals surface area contributed by atoms with Crippen LogP contribution in [-0.2, 0) is 0 Å².